The highest BCUT2D eigenvalue weighted by atomic mass is 16.7. The minimum Gasteiger partial charge on any atom is -0.454 e. The molecule has 3 rings (SSSR count). The monoisotopic (exact) mass is 237 g/mol. The fourth-order valence-electron chi connectivity index (χ4n) is 3.44. The zero-order chi connectivity index (χ0) is 13.3. The zero-order valence-corrected chi connectivity index (χ0v) is 11.8. The zero-order valence-electron chi connectivity index (χ0n) is 11.8. The van der Waals surface area contributed by atoms with Crippen molar-refractivity contribution in [2.45, 2.75) is 17.1 Å². The number of nitrogens with two attached hydrogens (primary N) is 1. The molecule has 2 aliphatic rings. The van der Waals surface area contributed by atoms with Crippen LogP contribution in [0.5, 0.6) is 11.5 Å². The average molecular weight is 236 g/mol. The first-order valence-electron chi connectivity index (χ1n) is 6.48. The molecule has 0 aromatic heterocycles. The summed E-state index contributed by atoms with van der Waals surface area (Å²) in [4.78, 5) is 0. The molecule has 0 bridgehead atoms. The largest absolute Gasteiger partial charge is 0.454 e. The molecule has 0 unspecified atom stereocenters. The molecular weight excluding hydrogens is 220 g/mol. The first-order valence-corrected chi connectivity index (χ1v) is 6.48. The highest BCUT2D eigenvalue weighted by Crippen LogP contribution is 2.41. The van der Waals surface area contributed by atoms with Gasteiger partial charge in [-0.15, -0.1) is 0 Å². The third-order valence-electron chi connectivity index (χ3n) is 5.02. The van der Waals surface area contributed by atoms with E-state index in [0.29, 0.717) is 6.79 Å². The van der Waals surface area contributed by atoms with Crippen LogP contribution in [0.3, 0.4) is 0 Å². The molecule has 1 atom stereocenters. The second-order valence-corrected chi connectivity index (χ2v) is 6.39. The first-order chi connectivity index (χ1) is 8.27. The van der Waals surface area contributed by atoms with Gasteiger partial charge in [0.2, 0.25) is 6.79 Å². The van der Waals surface area contributed by atoms with Crippen molar-refractivity contribution in [3.05, 3.63) is 11.1 Å². The van der Waals surface area contributed by atoms with Gasteiger partial charge in [-0.25, -0.2) is 0 Å². The Bertz CT molecular complexity index is 558. The van der Waals surface area contributed by atoms with Crippen molar-refractivity contribution in [3.8, 4) is 11.5 Å². The van der Waals surface area contributed by atoms with Crippen LogP contribution in [-0.2, 0) is 11.6 Å². The van der Waals surface area contributed by atoms with Crippen molar-refractivity contribution in [2.24, 2.45) is 5.73 Å². The second-order valence-electron chi connectivity index (χ2n) is 6.39. The predicted molar refractivity (Wildman–Crippen MR) is 86.9 cm³/mol. The summed E-state index contributed by atoms with van der Waals surface area (Å²) in [5.74, 6) is 1.83. The first kappa shape index (κ1) is 12.2. The molecule has 88 valence electrons. The quantitative estimate of drug-likeness (QED) is 0.457. The molecule has 0 saturated carbocycles. The summed E-state index contributed by atoms with van der Waals surface area (Å²) in [7, 11) is 10.8. The molecule has 1 aliphatic carbocycles. The lowest BCUT2D eigenvalue weighted by molar-refractivity contribution is 0.175. The van der Waals surface area contributed by atoms with E-state index in [0.717, 1.165) is 17.9 Å². The lowest BCUT2D eigenvalue weighted by atomic mass is 9.39. The normalized spacial score (nSPS) is 27.2. The third kappa shape index (κ3) is 1.25. The van der Waals surface area contributed by atoms with Crippen molar-refractivity contribution in [3.63, 3.8) is 0 Å². The van der Waals surface area contributed by atoms with E-state index >= 15 is 0 Å². The molecule has 1 aliphatic heterocycles. The van der Waals surface area contributed by atoms with E-state index in [9.17, 15) is 0 Å². The van der Waals surface area contributed by atoms with Crippen LogP contribution in [0.25, 0.3) is 0 Å². The summed E-state index contributed by atoms with van der Waals surface area (Å²) in [6.07, 6.45) is 0.901. The smallest absolute Gasteiger partial charge is 0.231 e. The lowest BCUT2D eigenvalue weighted by Gasteiger charge is -2.37. The molecule has 0 radical (unpaired) electrons. The van der Waals surface area contributed by atoms with Crippen LogP contribution in [0.1, 0.15) is 11.1 Å². The molecule has 0 spiro atoms. The third-order valence-corrected chi connectivity index (χ3v) is 5.02. The van der Waals surface area contributed by atoms with Crippen LogP contribution in [0.4, 0.5) is 0 Å². The fraction of sp³-hybridized carbons (Fsp3) is 0.400. The van der Waals surface area contributed by atoms with Crippen LogP contribution in [0, 0.1) is 0 Å². The molecule has 1 heterocycles. The number of hydrogen-bond acceptors (Lipinski definition) is 3. The van der Waals surface area contributed by atoms with E-state index in [1.165, 1.54) is 22.1 Å². The molecule has 0 saturated heterocycles. The Kier molecular flexibility index (Phi) is 2.26. The van der Waals surface area contributed by atoms with Gasteiger partial charge in [0.1, 0.15) is 39.2 Å². The van der Waals surface area contributed by atoms with E-state index in [2.05, 4.69) is 39.2 Å². The summed E-state index contributed by atoms with van der Waals surface area (Å²) in [6.45, 7) is 0.334. The molecule has 3 nitrogen and oxygen atoms in total. The van der Waals surface area contributed by atoms with E-state index < -0.39 is 0 Å². The molecule has 18 heavy (non-hydrogen) atoms. The maximum atomic E-state index is 6.52. The van der Waals surface area contributed by atoms with Crippen molar-refractivity contribution >= 4 is 50.2 Å². The summed E-state index contributed by atoms with van der Waals surface area (Å²) < 4.78 is 11.2. The topological polar surface area (TPSA) is 44.5 Å². The predicted octanol–water partition coefficient (Wildman–Crippen LogP) is -5.80. The molecule has 2 N–H and O–H groups in total. The Morgan fingerprint density at radius 2 is 1.56 bits per heavy atom. The number of rotatable bonds is 0. The Labute approximate surface area is 112 Å². The van der Waals surface area contributed by atoms with Crippen LogP contribution in [0.15, 0.2) is 0 Å². The van der Waals surface area contributed by atoms with Gasteiger partial charge in [0.25, 0.3) is 0 Å². The van der Waals surface area contributed by atoms with E-state index in [4.69, 9.17) is 15.2 Å². The standard InChI is InChI=1S/C10H16B5NO2/c11-5-3-1-9(13,16)10(14,15)4(3)6(12)8-7(5)17-2-18-8/h1-2,11-16H2/t9-/m1/s1. The Morgan fingerprint density at radius 1 is 1.00 bits per heavy atom. The van der Waals surface area contributed by atoms with Crippen molar-refractivity contribution in [1.29, 1.82) is 0 Å². The fourth-order valence-corrected chi connectivity index (χ4v) is 3.44. The van der Waals surface area contributed by atoms with Gasteiger partial charge in [0, 0.05) is 0 Å². The summed E-state index contributed by atoms with van der Waals surface area (Å²) in [5, 5.41) is -0.0435. The van der Waals surface area contributed by atoms with E-state index in [-0.39, 0.29) is 10.7 Å². The Morgan fingerprint density at radius 3 is 2.17 bits per heavy atom. The lowest BCUT2D eigenvalue weighted by Crippen LogP contribution is -2.58. The SMILES string of the molecule is Bc1c2c(c(B)c3c1OCO3)C(B)(B)[C@](B)(N)C2. The molecule has 1 aromatic rings. The van der Waals surface area contributed by atoms with Gasteiger partial charge in [-0.05, 0) is 28.3 Å². The molecule has 0 fully saturated rings. The Hall–Kier alpha value is -0.895. The van der Waals surface area contributed by atoms with E-state index in [1.807, 2.05) is 0 Å². The van der Waals surface area contributed by atoms with Crippen LogP contribution < -0.4 is 26.1 Å². The van der Waals surface area contributed by atoms with Crippen molar-refractivity contribution < 1.29 is 9.47 Å². The minimum atomic E-state index is -0.222. The number of fused-ring (bicyclic) bond motifs is 2. The van der Waals surface area contributed by atoms with Gasteiger partial charge < -0.3 is 15.2 Å². The highest BCUT2D eigenvalue weighted by Gasteiger charge is 2.48. The van der Waals surface area contributed by atoms with Gasteiger partial charge in [0.15, 0.2) is 11.5 Å². The van der Waals surface area contributed by atoms with Crippen molar-refractivity contribution in [1.82, 2.24) is 0 Å². The maximum Gasteiger partial charge on any atom is 0.231 e. The Balaban J connectivity index is 2.35. The van der Waals surface area contributed by atoms with Gasteiger partial charge in [-0.3, -0.25) is 0 Å². The van der Waals surface area contributed by atoms with Crippen LogP contribution in [-0.4, -0.2) is 51.5 Å². The highest BCUT2D eigenvalue weighted by molar-refractivity contribution is 6.50. The average Bonchev–Trinajstić information content (AvgIpc) is 2.79. The number of ether oxygens (including phenoxy) is 2. The van der Waals surface area contributed by atoms with Crippen LogP contribution >= 0.6 is 0 Å². The van der Waals surface area contributed by atoms with Crippen molar-refractivity contribution in [2.75, 3.05) is 6.79 Å². The second kappa shape index (κ2) is 3.35. The summed E-state index contributed by atoms with van der Waals surface area (Å²) in [6, 6.07) is 0. The van der Waals surface area contributed by atoms with Gasteiger partial charge in [-0.1, -0.05) is 10.8 Å². The molecule has 0 amide bonds. The molecular formula is C10H16B5NO2. The minimum absolute atomic E-state index is 0.0435. The molecule has 1 aromatic carbocycles. The number of benzene rings is 1. The van der Waals surface area contributed by atoms with Gasteiger partial charge >= 0.3 is 0 Å². The summed E-state index contributed by atoms with van der Waals surface area (Å²) >= 11 is 0. The van der Waals surface area contributed by atoms with Gasteiger partial charge in [-0.2, -0.15) is 0 Å². The van der Waals surface area contributed by atoms with E-state index in [1.54, 1.807) is 0 Å². The van der Waals surface area contributed by atoms with Crippen LogP contribution in [0.2, 0.25) is 0 Å². The molecule has 8 heteroatoms. The van der Waals surface area contributed by atoms with Gasteiger partial charge in [0.05, 0.1) is 0 Å². The summed E-state index contributed by atoms with van der Waals surface area (Å²) in [5.41, 5.74) is 11.4. The number of hydrogen-bond donors (Lipinski definition) is 1. The maximum absolute atomic E-state index is 6.52.